The van der Waals surface area contributed by atoms with E-state index in [4.69, 9.17) is 0 Å². The van der Waals surface area contributed by atoms with Crippen LogP contribution in [-0.4, -0.2) is 4.92 Å². The number of nitro groups is 1. The molecule has 0 bridgehead atoms. The second-order valence-corrected chi connectivity index (χ2v) is 5.88. The van der Waals surface area contributed by atoms with Crippen LogP contribution in [0.25, 0.3) is 0 Å². The maximum atomic E-state index is 11.9. The Hall–Kier alpha value is -1.76. The average Bonchev–Trinajstić information content (AvgIpc) is 2.45. The summed E-state index contributed by atoms with van der Waals surface area (Å²) in [5.74, 6) is -0.268. The Labute approximate surface area is 156 Å². The molecule has 0 atom stereocenters. The molecule has 0 N–H and O–H groups in total. The van der Waals surface area contributed by atoms with E-state index >= 15 is 0 Å². The van der Waals surface area contributed by atoms with Crippen LogP contribution in [0.5, 0.6) is 5.75 Å². The second-order valence-electron chi connectivity index (χ2n) is 5.88. The van der Waals surface area contributed by atoms with E-state index in [-0.39, 0.29) is 57.8 Å². The van der Waals surface area contributed by atoms with Crippen LogP contribution in [0.4, 0.5) is 17.1 Å². The molecule has 0 aliphatic heterocycles. The van der Waals surface area contributed by atoms with E-state index in [1.165, 1.54) is 18.2 Å². The third-order valence-electron chi connectivity index (χ3n) is 3.17. The fraction of sp³-hybridized carbons (Fsp3) is 0.250. The van der Waals surface area contributed by atoms with Gasteiger partial charge in [-0.2, -0.15) is 5.11 Å². The van der Waals surface area contributed by atoms with Gasteiger partial charge < -0.3 is 5.11 Å². The van der Waals surface area contributed by atoms with Crippen molar-refractivity contribution in [3.05, 3.63) is 58.1 Å². The van der Waals surface area contributed by atoms with Crippen molar-refractivity contribution in [1.82, 2.24) is 0 Å². The summed E-state index contributed by atoms with van der Waals surface area (Å²) in [5.41, 5.74) is 0.962. The van der Waals surface area contributed by atoms with Gasteiger partial charge in [0.15, 0.2) is 5.69 Å². The molecule has 0 unspecified atom stereocenters. The zero-order valence-electron chi connectivity index (χ0n) is 13.6. The summed E-state index contributed by atoms with van der Waals surface area (Å²) < 4.78 is 0. The van der Waals surface area contributed by atoms with Gasteiger partial charge in [0.25, 0.3) is 5.69 Å². The Kier molecular flexibility index (Phi) is 6.44. The zero-order chi connectivity index (χ0) is 16.3. The van der Waals surface area contributed by atoms with Crippen molar-refractivity contribution in [1.29, 1.82) is 0 Å². The molecule has 0 heterocycles. The first kappa shape index (κ1) is 19.3. The summed E-state index contributed by atoms with van der Waals surface area (Å²) in [6.45, 7) is 6.07. The number of para-hydroxylation sites is 1. The van der Waals surface area contributed by atoms with Gasteiger partial charge in [-0.3, -0.25) is 10.1 Å². The predicted molar refractivity (Wildman–Crippen MR) is 81.9 cm³/mol. The molecule has 2 rings (SSSR count). The molecule has 114 valence electrons. The first-order chi connectivity index (χ1) is 10.3. The Morgan fingerprint density at radius 1 is 1.00 bits per heavy atom. The molecule has 0 saturated carbocycles. The van der Waals surface area contributed by atoms with Crippen LogP contribution in [0, 0.1) is 10.1 Å². The first-order valence-corrected chi connectivity index (χ1v) is 6.76. The minimum absolute atomic E-state index is 0. The van der Waals surface area contributed by atoms with Gasteiger partial charge in [-0.25, -0.2) is 0 Å². The molecule has 0 aliphatic carbocycles. The van der Waals surface area contributed by atoms with Crippen molar-refractivity contribution in [2.24, 2.45) is 10.2 Å². The number of hydrogen-bond donors (Lipinski definition) is 0. The molecule has 0 spiro atoms. The number of benzene rings is 2. The smallest absolute Gasteiger partial charge is 0.871 e. The average molecular weight is 321 g/mol. The predicted octanol–water partition coefficient (Wildman–Crippen LogP) is 1.39. The Morgan fingerprint density at radius 2 is 1.61 bits per heavy atom. The van der Waals surface area contributed by atoms with Crippen LogP contribution in [0.15, 0.2) is 52.7 Å². The SMILES string of the molecule is CC(C)(C)c1ccc([O-])c(N=Nc2ccccc2[N+](=O)[O-])c1.[Na+]. The molecule has 0 fully saturated rings. The van der Waals surface area contributed by atoms with Gasteiger partial charge in [0, 0.05) is 6.07 Å². The van der Waals surface area contributed by atoms with E-state index < -0.39 is 4.92 Å². The topological polar surface area (TPSA) is 90.9 Å². The molecule has 2 aromatic carbocycles. The summed E-state index contributed by atoms with van der Waals surface area (Å²) >= 11 is 0. The van der Waals surface area contributed by atoms with E-state index in [1.54, 1.807) is 24.3 Å². The molecule has 0 radical (unpaired) electrons. The van der Waals surface area contributed by atoms with Crippen LogP contribution in [-0.2, 0) is 5.41 Å². The molecule has 0 aromatic heterocycles. The molecule has 23 heavy (non-hydrogen) atoms. The molecular weight excluding hydrogens is 305 g/mol. The standard InChI is InChI=1S/C16H17N3O3.Na/c1-16(2,3)11-8-9-15(20)13(10-11)18-17-12-6-4-5-7-14(12)19(21)22;/h4-10,20H,1-3H3;/q;+1/p-1. The van der Waals surface area contributed by atoms with Gasteiger partial charge in [0.1, 0.15) is 0 Å². The second kappa shape index (κ2) is 7.68. The first-order valence-electron chi connectivity index (χ1n) is 6.76. The normalized spacial score (nSPS) is 11.3. The van der Waals surface area contributed by atoms with Gasteiger partial charge in [0.05, 0.1) is 10.6 Å². The van der Waals surface area contributed by atoms with Crippen LogP contribution in [0.3, 0.4) is 0 Å². The van der Waals surface area contributed by atoms with Gasteiger partial charge in [-0.1, -0.05) is 50.8 Å². The fourth-order valence-corrected chi connectivity index (χ4v) is 1.87. The Morgan fingerprint density at radius 3 is 2.22 bits per heavy atom. The van der Waals surface area contributed by atoms with Gasteiger partial charge in [-0.05, 0) is 23.1 Å². The Bertz CT molecular complexity index is 740. The van der Waals surface area contributed by atoms with Crippen LogP contribution < -0.4 is 34.7 Å². The van der Waals surface area contributed by atoms with Crippen molar-refractivity contribution in [2.75, 3.05) is 0 Å². The van der Waals surface area contributed by atoms with E-state index in [2.05, 4.69) is 10.2 Å². The minimum atomic E-state index is -0.530. The molecule has 7 heteroatoms. The van der Waals surface area contributed by atoms with E-state index in [9.17, 15) is 15.2 Å². The molecule has 0 aliphatic rings. The van der Waals surface area contributed by atoms with Crippen LogP contribution >= 0.6 is 0 Å². The van der Waals surface area contributed by atoms with Crippen LogP contribution in [0.2, 0.25) is 0 Å². The molecule has 0 saturated heterocycles. The summed E-state index contributed by atoms with van der Waals surface area (Å²) in [4.78, 5) is 10.4. The third-order valence-corrected chi connectivity index (χ3v) is 3.17. The zero-order valence-corrected chi connectivity index (χ0v) is 15.6. The number of azo groups is 1. The molecule has 6 nitrogen and oxygen atoms in total. The largest absolute Gasteiger partial charge is 1.00 e. The summed E-state index contributed by atoms with van der Waals surface area (Å²) in [5, 5.41) is 30.5. The van der Waals surface area contributed by atoms with Crippen molar-refractivity contribution in [3.8, 4) is 5.75 Å². The monoisotopic (exact) mass is 321 g/mol. The molecule has 0 amide bonds. The van der Waals surface area contributed by atoms with Crippen molar-refractivity contribution in [2.45, 2.75) is 26.2 Å². The van der Waals surface area contributed by atoms with Crippen molar-refractivity contribution >= 4 is 17.1 Å². The third kappa shape index (κ3) is 4.86. The number of hydrogen-bond acceptors (Lipinski definition) is 5. The maximum Gasteiger partial charge on any atom is 1.00 e. The fourth-order valence-electron chi connectivity index (χ4n) is 1.87. The van der Waals surface area contributed by atoms with Crippen molar-refractivity contribution in [3.63, 3.8) is 0 Å². The van der Waals surface area contributed by atoms with Gasteiger partial charge in [0.2, 0.25) is 0 Å². The summed E-state index contributed by atoms with van der Waals surface area (Å²) in [6, 6.07) is 10.9. The quantitative estimate of drug-likeness (QED) is 0.370. The van der Waals surface area contributed by atoms with Gasteiger partial charge >= 0.3 is 29.6 Å². The van der Waals surface area contributed by atoms with Gasteiger partial charge in [-0.15, -0.1) is 5.11 Å². The molecular formula is C16H16N3NaO3. The van der Waals surface area contributed by atoms with E-state index in [0.717, 1.165) is 5.56 Å². The summed E-state index contributed by atoms with van der Waals surface area (Å²) in [7, 11) is 0. The number of nitro benzene ring substituents is 1. The number of rotatable bonds is 3. The summed E-state index contributed by atoms with van der Waals surface area (Å²) in [6.07, 6.45) is 0. The van der Waals surface area contributed by atoms with Crippen LogP contribution in [0.1, 0.15) is 26.3 Å². The number of nitrogens with zero attached hydrogens (tertiary/aromatic N) is 3. The molecule has 2 aromatic rings. The maximum absolute atomic E-state index is 11.9. The van der Waals surface area contributed by atoms with E-state index in [0.29, 0.717) is 0 Å². The van der Waals surface area contributed by atoms with Crippen molar-refractivity contribution < 1.29 is 39.6 Å². The van der Waals surface area contributed by atoms with E-state index in [1.807, 2.05) is 20.8 Å². The Balaban J connectivity index is 0.00000264. The minimum Gasteiger partial charge on any atom is -0.871 e.